The topological polar surface area (TPSA) is 82.2 Å². The van der Waals surface area contributed by atoms with E-state index in [1.165, 1.54) is 0 Å². The number of carbonyl (C=O) groups excluding carboxylic acids is 1. The maximum Gasteiger partial charge on any atom is 0.303 e. The van der Waals surface area contributed by atoms with Gasteiger partial charge in [0.25, 0.3) is 5.91 Å². The molecule has 1 aromatic heterocycles. The molecule has 94 valence electrons. The van der Waals surface area contributed by atoms with Gasteiger partial charge >= 0.3 is 5.97 Å². The monoisotopic (exact) mass is 246 g/mol. The van der Waals surface area contributed by atoms with E-state index in [9.17, 15) is 9.59 Å². The first-order valence-corrected chi connectivity index (χ1v) is 5.74. The highest BCUT2D eigenvalue weighted by atomic mass is 16.4. The fraction of sp³-hybridized carbons (Fsp3) is 0.231. The van der Waals surface area contributed by atoms with Crippen LogP contribution in [-0.2, 0) is 4.79 Å². The standard InChI is InChI=1S/C13H14N2O3/c16-12(17)2-1-6-15-13(18)10-4-3-9-5-7-14-11(9)8-10/h3-5,7-8,14H,1-2,6H2,(H,15,18)(H,16,17). The van der Waals surface area contributed by atoms with Crippen LogP contribution < -0.4 is 5.32 Å². The largest absolute Gasteiger partial charge is 0.481 e. The molecule has 0 fully saturated rings. The maximum absolute atomic E-state index is 11.8. The lowest BCUT2D eigenvalue weighted by atomic mass is 10.1. The summed E-state index contributed by atoms with van der Waals surface area (Å²) in [5.74, 6) is -1.03. The summed E-state index contributed by atoms with van der Waals surface area (Å²) in [6.07, 6.45) is 2.32. The Morgan fingerprint density at radius 3 is 2.89 bits per heavy atom. The van der Waals surface area contributed by atoms with Crippen molar-refractivity contribution in [3.8, 4) is 0 Å². The van der Waals surface area contributed by atoms with Gasteiger partial charge in [0.15, 0.2) is 0 Å². The van der Waals surface area contributed by atoms with Crippen molar-refractivity contribution in [2.45, 2.75) is 12.8 Å². The van der Waals surface area contributed by atoms with Crippen LogP contribution in [0, 0.1) is 0 Å². The van der Waals surface area contributed by atoms with E-state index in [0.717, 1.165) is 10.9 Å². The molecule has 18 heavy (non-hydrogen) atoms. The highest BCUT2D eigenvalue weighted by Gasteiger charge is 2.06. The second-order valence-electron chi connectivity index (χ2n) is 4.03. The number of aromatic amines is 1. The van der Waals surface area contributed by atoms with Crippen molar-refractivity contribution in [1.82, 2.24) is 10.3 Å². The van der Waals surface area contributed by atoms with Crippen LogP contribution in [0.15, 0.2) is 30.5 Å². The molecule has 0 radical (unpaired) electrons. The second-order valence-corrected chi connectivity index (χ2v) is 4.03. The molecule has 0 bridgehead atoms. The summed E-state index contributed by atoms with van der Waals surface area (Å²) in [4.78, 5) is 25.1. The molecule has 0 atom stereocenters. The number of carboxylic acid groups (broad SMARTS) is 1. The summed E-state index contributed by atoms with van der Waals surface area (Å²) in [6.45, 7) is 0.369. The van der Waals surface area contributed by atoms with Gasteiger partial charge in [-0.2, -0.15) is 0 Å². The molecular weight excluding hydrogens is 232 g/mol. The van der Waals surface area contributed by atoms with Crippen LogP contribution >= 0.6 is 0 Å². The Kier molecular flexibility index (Phi) is 3.62. The molecule has 1 aromatic carbocycles. The van der Waals surface area contributed by atoms with Crippen molar-refractivity contribution in [2.75, 3.05) is 6.54 Å². The summed E-state index contributed by atoms with van der Waals surface area (Å²) < 4.78 is 0. The lowest BCUT2D eigenvalue weighted by Gasteiger charge is -2.04. The normalized spacial score (nSPS) is 10.4. The number of benzene rings is 1. The minimum absolute atomic E-state index is 0.0654. The third-order valence-corrected chi connectivity index (χ3v) is 2.67. The highest BCUT2D eigenvalue weighted by molar-refractivity contribution is 5.97. The van der Waals surface area contributed by atoms with E-state index in [0.29, 0.717) is 18.5 Å². The molecule has 1 amide bonds. The number of fused-ring (bicyclic) bond motifs is 1. The smallest absolute Gasteiger partial charge is 0.303 e. The number of aromatic nitrogens is 1. The molecule has 5 heteroatoms. The number of H-pyrrole nitrogens is 1. The van der Waals surface area contributed by atoms with Crippen molar-refractivity contribution < 1.29 is 14.7 Å². The third-order valence-electron chi connectivity index (χ3n) is 2.67. The minimum atomic E-state index is -0.850. The number of hydrogen-bond acceptors (Lipinski definition) is 2. The second kappa shape index (κ2) is 5.35. The van der Waals surface area contributed by atoms with Crippen LogP contribution in [-0.4, -0.2) is 28.5 Å². The zero-order valence-corrected chi connectivity index (χ0v) is 9.77. The Bertz CT molecular complexity index is 574. The predicted molar refractivity (Wildman–Crippen MR) is 67.5 cm³/mol. The van der Waals surface area contributed by atoms with Crippen molar-refractivity contribution in [3.05, 3.63) is 36.0 Å². The van der Waals surface area contributed by atoms with Gasteiger partial charge in [-0.1, -0.05) is 6.07 Å². The van der Waals surface area contributed by atoms with Crippen molar-refractivity contribution in [1.29, 1.82) is 0 Å². The Labute approximate surface area is 104 Å². The zero-order chi connectivity index (χ0) is 13.0. The van der Waals surface area contributed by atoms with E-state index < -0.39 is 5.97 Å². The van der Waals surface area contributed by atoms with Gasteiger partial charge in [0.1, 0.15) is 0 Å². The number of hydrogen-bond donors (Lipinski definition) is 3. The number of amides is 1. The first kappa shape index (κ1) is 12.2. The first-order valence-electron chi connectivity index (χ1n) is 5.74. The molecular formula is C13H14N2O3. The summed E-state index contributed by atoms with van der Waals surface area (Å²) >= 11 is 0. The zero-order valence-electron chi connectivity index (χ0n) is 9.77. The summed E-state index contributed by atoms with van der Waals surface area (Å²) in [6, 6.07) is 7.34. The Morgan fingerprint density at radius 1 is 1.28 bits per heavy atom. The molecule has 0 saturated heterocycles. The number of carboxylic acids is 1. The molecule has 2 rings (SSSR count). The Morgan fingerprint density at radius 2 is 2.11 bits per heavy atom. The molecule has 0 unspecified atom stereocenters. The number of rotatable bonds is 5. The molecule has 0 aliphatic rings. The van der Waals surface area contributed by atoms with Crippen LogP contribution in [0.5, 0.6) is 0 Å². The van der Waals surface area contributed by atoms with E-state index in [1.54, 1.807) is 12.1 Å². The lowest BCUT2D eigenvalue weighted by Crippen LogP contribution is -2.24. The third kappa shape index (κ3) is 2.88. The van der Waals surface area contributed by atoms with Gasteiger partial charge in [-0.3, -0.25) is 9.59 Å². The van der Waals surface area contributed by atoms with Gasteiger partial charge in [-0.15, -0.1) is 0 Å². The van der Waals surface area contributed by atoms with Crippen molar-refractivity contribution in [3.63, 3.8) is 0 Å². The van der Waals surface area contributed by atoms with Crippen LogP contribution in [0.4, 0.5) is 0 Å². The van der Waals surface area contributed by atoms with Gasteiger partial charge in [0.2, 0.25) is 0 Å². The lowest BCUT2D eigenvalue weighted by molar-refractivity contribution is -0.137. The van der Waals surface area contributed by atoms with Crippen molar-refractivity contribution in [2.24, 2.45) is 0 Å². The molecule has 0 aliphatic heterocycles. The minimum Gasteiger partial charge on any atom is -0.481 e. The summed E-state index contributed by atoms with van der Waals surface area (Å²) in [7, 11) is 0. The number of aliphatic carboxylic acids is 1. The molecule has 2 aromatic rings. The quantitative estimate of drug-likeness (QED) is 0.703. The summed E-state index contributed by atoms with van der Waals surface area (Å²) in [5, 5.41) is 12.2. The van der Waals surface area contributed by atoms with Gasteiger partial charge in [-0.25, -0.2) is 0 Å². The van der Waals surface area contributed by atoms with Crippen LogP contribution in [0.3, 0.4) is 0 Å². The highest BCUT2D eigenvalue weighted by Crippen LogP contribution is 2.13. The van der Waals surface area contributed by atoms with Gasteiger partial charge < -0.3 is 15.4 Å². The fourth-order valence-electron chi connectivity index (χ4n) is 1.73. The molecule has 0 aliphatic carbocycles. The molecule has 0 saturated carbocycles. The fourth-order valence-corrected chi connectivity index (χ4v) is 1.73. The molecule has 3 N–H and O–H groups in total. The first-order chi connectivity index (χ1) is 8.66. The average molecular weight is 246 g/mol. The number of carbonyl (C=O) groups is 2. The average Bonchev–Trinajstić information content (AvgIpc) is 2.81. The van der Waals surface area contributed by atoms with E-state index in [-0.39, 0.29) is 12.3 Å². The maximum atomic E-state index is 11.8. The molecule has 1 heterocycles. The Hall–Kier alpha value is -2.30. The van der Waals surface area contributed by atoms with Crippen molar-refractivity contribution >= 4 is 22.8 Å². The summed E-state index contributed by atoms with van der Waals surface area (Å²) in [5.41, 5.74) is 1.48. The van der Waals surface area contributed by atoms with E-state index in [1.807, 2.05) is 18.3 Å². The molecule has 0 spiro atoms. The SMILES string of the molecule is O=C(O)CCCNC(=O)c1ccc2cc[nH]c2c1. The van der Waals surface area contributed by atoms with Gasteiger partial charge in [0, 0.05) is 30.2 Å². The molecule has 5 nitrogen and oxygen atoms in total. The van der Waals surface area contributed by atoms with Crippen LogP contribution in [0.1, 0.15) is 23.2 Å². The predicted octanol–water partition coefficient (Wildman–Crippen LogP) is 1.76. The van der Waals surface area contributed by atoms with E-state index in [4.69, 9.17) is 5.11 Å². The van der Waals surface area contributed by atoms with Crippen LogP contribution in [0.25, 0.3) is 10.9 Å². The Balaban J connectivity index is 1.93. The van der Waals surface area contributed by atoms with Crippen LogP contribution in [0.2, 0.25) is 0 Å². The van der Waals surface area contributed by atoms with E-state index in [2.05, 4.69) is 10.3 Å². The number of nitrogens with one attached hydrogen (secondary N) is 2. The van der Waals surface area contributed by atoms with Gasteiger partial charge in [-0.05, 0) is 30.0 Å². The van der Waals surface area contributed by atoms with Gasteiger partial charge in [0.05, 0.1) is 0 Å². The van der Waals surface area contributed by atoms with E-state index >= 15 is 0 Å².